The van der Waals surface area contributed by atoms with E-state index in [-0.39, 0.29) is 12.2 Å². The van der Waals surface area contributed by atoms with Crippen molar-refractivity contribution >= 4 is 12.1 Å². The summed E-state index contributed by atoms with van der Waals surface area (Å²) in [6.45, 7) is 1.10. The maximum atomic E-state index is 10.7. The van der Waals surface area contributed by atoms with Crippen molar-refractivity contribution < 1.29 is 19.6 Å². The molecule has 1 aromatic rings. The molecule has 1 aromatic carbocycles. The Labute approximate surface area is 103 Å². The van der Waals surface area contributed by atoms with Crippen LogP contribution in [-0.4, -0.2) is 41.0 Å². The van der Waals surface area contributed by atoms with Gasteiger partial charge in [-0.05, 0) is 0 Å². The van der Waals surface area contributed by atoms with Crippen molar-refractivity contribution in [3.8, 4) is 5.75 Å². The Morgan fingerprint density at radius 2 is 2.33 bits per heavy atom. The van der Waals surface area contributed by atoms with E-state index in [2.05, 4.69) is 0 Å². The molecule has 1 aliphatic rings. The van der Waals surface area contributed by atoms with Crippen molar-refractivity contribution in [2.75, 3.05) is 19.7 Å². The monoisotopic (exact) mass is 252 g/mol. The minimum atomic E-state index is -0.654. The summed E-state index contributed by atoms with van der Waals surface area (Å²) in [6, 6.07) is 4.26. The number of ether oxygens (including phenoxy) is 1. The number of carbonyl (C=O) groups is 1. The summed E-state index contributed by atoms with van der Waals surface area (Å²) in [5.74, 6) is -0.403. The highest BCUT2D eigenvalue weighted by Gasteiger charge is 2.27. The zero-order chi connectivity index (χ0) is 13.1. The number of nitro groups is 1. The van der Waals surface area contributed by atoms with Crippen molar-refractivity contribution in [2.24, 2.45) is 0 Å². The van der Waals surface area contributed by atoms with Crippen LogP contribution in [0.4, 0.5) is 5.69 Å². The number of phenols is 1. The lowest BCUT2D eigenvalue weighted by molar-refractivity contribution is -0.386. The lowest BCUT2D eigenvalue weighted by Gasteiger charge is -2.30. The Hall–Kier alpha value is -2.15. The number of morpholine rings is 1. The predicted molar refractivity (Wildman–Crippen MR) is 61.1 cm³/mol. The fourth-order valence-electron chi connectivity index (χ4n) is 1.91. The Morgan fingerprint density at radius 1 is 1.56 bits per heavy atom. The summed E-state index contributed by atoms with van der Waals surface area (Å²) in [4.78, 5) is 22.3. The number of phenolic OH excluding ortho intramolecular Hbond substituents is 1. The van der Waals surface area contributed by atoms with Crippen molar-refractivity contribution in [1.29, 1.82) is 0 Å². The van der Waals surface area contributed by atoms with Gasteiger partial charge in [-0.15, -0.1) is 0 Å². The van der Waals surface area contributed by atoms with E-state index >= 15 is 0 Å². The van der Waals surface area contributed by atoms with Crippen LogP contribution in [0.5, 0.6) is 5.75 Å². The van der Waals surface area contributed by atoms with Crippen LogP contribution >= 0.6 is 0 Å². The summed E-state index contributed by atoms with van der Waals surface area (Å²) < 4.78 is 5.43. The van der Waals surface area contributed by atoms with Gasteiger partial charge in [-0.1, -0.05) is 12.1 Å². The third-order valence-corrected chi connectivity index (χ3v) is 2.84. The summed E-state index contributed by atoms with van der Waals surface area (Å²) in [5.41, 5.74) is -0.0323. The molecule has 2 rings (SSSR count). The van der Waals surface area contributed by atoms with Gasteiger partial charge in [0.05, 0.1) is 18.1 Å². The number of benzene rings is 1. The normalized spacial score (nSPS) is 19.6. The van der Waals surface area contributed by atoms with Gasteiger partial charge in [0, 0.05) is 18.2 Å². The lowest BCUT2D eigenvalue weighted by atomic mass is 10.1. The van der Waals surface area contributed by atoms with Crippen LogP contribution in [0.15, 0.2) is 18.2 Å². The molecule has 0 saturated carbocycles. The number of rotatable bonds is 3. The van der Waals surface area contributed by atoms with Gasteiger partial charge in [0.1, 0.15) is 6.10 Å². The average molecular weight is 252 g/mol. The van der Waals surface area contributed by atoms with Crippen LogP contribution < -0.4 is 0 Å². The van der Waals surface area contributed by atoms with Crippen molar-refractivity contribution in [1.82, 2.24) is 4.90 Å². The van der Waals surface area contributed by atoms with Crippen LogP contribution in [0, 0.1) is 10.1 Å². The Bertz CT molecular complexity index is 477. The number of nitro benzene ring substituents is 1. The second-order valence-corrected chi connectivity index (χ2v) is 3.93. The smallest absolute Gasteiger partial charge is 0.311 e. The van der Waals surface area contributed by atoms with E-state index in [1.807, 2.05) is 0 Å². The molecular formula is C11H12N2O5. The van der Waals surface area contributed by atoms with Crippen molar-refractivity contribution in [3.63, 3.8) is 0 Å². The highest BCUT2D eigenvalue weighted by atomic mass is 16.6. The molecule has 0 aromatic heterocycles. The minimum Gasteiger partial charge on any atom is -0.502 e. The number of hydrogen-bond donors (Lipinski definition) is 1. The Kier molecular flexibility index (Phi) is 3.42. The van der Waals surface area contributed by atoms with Gasteiger partial charge in [0.2, 0.25) is 6.41 Å². The quantitative estimate of drug-likeness (QED) is 0.488. The largest absolute Gasteiger partial charge is 0.502 e. The molecule has 1 saturated heterocycles. The third kappa shape index (κ3) is 2.25. The molecule has 1 N–H and O–H groups in total. The van der Waals surface area contributed by atoms with E-state index in [9.17, 15) is 20.0 Å². The van der Waals surface area contributed by atoms with Gasteiger partial charge in [-0.2, -0.15) is 0 Å². The maximum Gasteiger partial charge on any atom is 0.311 e. The topological polar surface area (TPSA) is 92.9 Å². The second-order valence-electron chi connectivity index (χ2n) is 3.93. The average Bonchev–Trinajstić information content (AvgIpc) is 2.38. The molecule has 7 nitrogen and oxygen atoms in total. The highest BCUT2D eigenvalue weighted by molar-refractivity contribution is 5.52. The zero-order valence-electron chi connectivity index (χ0n) is 9.48. The van der Waals surface area contributed by atoms with E-state index < -0.39 is 16.8 Å². The van der Waals surface area contributed by atoms with Crippen molar-refractivity contribution in [3.05, 3.63) is 33.9 Å². The number of amides is 1. The molecule has 0 aliphatic carbocycles. The molecule has 1 unspecified atom stereocenters. The van der Waals surface area contributed by atoms with E-state index in [1.165, 1.54) is 17.0 Å². The molecule has 1 fully saturated rings. The molecule has 96 valence electrons. The summed E-state index contributed by atoms with van der Waals surface area (Å²) in [5, 5.41) is 20.6. The summed E-state index contributed by atoms with van der Waals surface area (Å²) >= 11 is 0. The van der Waals surface area contributed by atoms with Gasteiger partial charge in [0.25, 0.3) is 0 Å². The molecule has 18 heavy (non-hydrogen) atoms. The third-order valence-electron chi connectivity index (χ3n) is 2.84. The first kappa shape index (κ1) is 12.3. The fraction of sp³-hybridized carbons (Fsp3) is 0.364. The maximum absolute atomic E-state index is 10.7. The molecule has 7 heteroatoms. The number of carbonyl (C=O) groups excluding carboxylic acids is 1. The summed E-state index contributed by atoms with van der Waals surface area (Å²) in [7, 11) is 0. The van der Waals surface area contributed by atoms with E-state index in [0.717, 1.165) is 0 Å². The van der Waals surface area contributed by atoms with Gasteiger partial charge in [0.15, 0.2) is 5.75 Å². The van der Waals surface area contributed by atoms with Crippen LogP contribution in [0.3, 0.4) is 0 Å². The van der Waals surface area contributed by atoms with Gasteiger partial charge in [-0.25, -0.2) is 0 Å². The minimum absolute atomic E-state index is 0.276. The second kappa shape index (κ2) is 5.01. The first-order valence-electron chi connectivity index (χ1n) is 5.40. The lowest BCUT2D eigenvalue weighted by Crippen LogP contribution is -2.37. The molecule has 1 amide bonds. The molecule has 1 aliphatic heterocycles. The fourth-order valence-corrected chi connectivity index (χ4v) is 1.91. The molecule has 1 atom stereocenters. The molecule has 0 bridgehead atoms. The Balaban J connectivity index is 2.30. The first-order chi connectivity index (χ1) is 8.63. The molecule has 0 spiro atoms. The van der Waals surface area contributed by atoms with Crippen LogP contribution in [0.25, 0.3) is 0 Å². The van der Waals surface area contributed by atoms with E-state index in [1.54, 1.807) is 6.07 Å². The molecule has 1 heterocycles. The molecule has 0 radical (unpaired) electrons. The van der Waals surface area contributed by atoms with Gasteiger partial charge >= 0.3 is 5.69 Å². The van der Waals surface area contributed by atoms with E-state index in [0.29, 0.717) is 25.1 Å². The Morgan fingerprint density at radius 3 is 3.00 bits per heavy atom. The van der Waals surface area contributed by atoms with Gasteiger partial charge < -0.3 is 14.7 Å². The SMILES string of the molecule is O=CN1CCOC(c2cccc([N+](=O)[O-])c2O)C1. The summed E-state index contributed by atoms with van der Waals surface area (Å²) in [6.07, 6.45) is 0.160. The molecular weight excluding hydrogens is 240 g/mol. The number of nitrogens with zero attached hydrogens (tertiary/aromatic N) is 2. The van der Waals surface area contributed by atoms with Crippen LogP contribution in [0.1, 0.15) is 11.7 Å². The van der Waals surface area contributed by atoms with Crippen LogP contribution in [0.2, 0.25) is 0 Å². The number of para-hydroxylation sites is 1. The van der Waals surface area contributed by atoms with E-state index in [4.69, 9.17) is 4.74 Å². The standard InChI is InChI=1S/C11H12N2O5/c14-7-12-4-5-18-10(6-12)8-2-1-3-9(11(8)15)13(16)17/h1-3,7,10,15H,4-6H2. The zero-order valence-corrected chi connectivity index (χ0v) is 9.48. The number of aromatic hydroxyl groups is 1. The van der Waals surface area contributed by atoms with Crippen molar-refractivity contribution in [2.45, 2.75) is 6.10 Å². The van der Waals surface area contributed by atoms with Crippen LogP contribution in [-0.2, 0) is 9.53 Å². The van der Waals surface area contributed by atoms with Gasteiger partial charge in [-0.3, -0.25) is 14.9 Å². The highest BCUT2D eigenvalue weighted by Crippen LogP contribution is 2.35. The first-order valence-corrected chi connectivity index (χ1v) is 5.40. The number of hydrogen-bond acceptors (Lipinski definition) is 5. The predicted octanol–water partition coefficient (Wildman–Crippen LogP) is 0.830.